The minimum atomic E-state index is -2.37. The van der Waals surface area contributed by atoms with Gasteiger partial charge in [-0.15, -0.1) is 0 Å². The second-order valence-corrected chi connectivity index (χ2v) is 2.24. The summed E-state index contributed by atoms with van der Waals surface area (Å²) in [5.74, 6) is -1.90. The molecule has 2 nitrogen and oxygen atoms in total. The average Bonchev–Trinajstić information content (AvgIpc) is 2.39. The third kappa shape index (κ3) is 1.17. The molecule has 0 aromatic carbocycles. The lowest BCUT2D eigenvalue weighted by molar-refractivity contribution is -0.120. The number of rotatable bonds is 2. The molecule has 1 aliphatic rings. The first-order valence-electron chi connectivity index (χ1n) is 2.70. The second kappa shape index (κ2) is 1.93. The number of carbonyl (C=O) groups is 1. The van der Waals surface area contributed by atoms with E-state index in [2.05, 4.69) is 0 Å². The molecule has 1 saturated carbocycles. The van der Waals surface area contributed by atoms with E-state index in [1.54, 1.807) is 0 Å². The Balaban J connectivity index is 2.33. The standard InChI is InChI=1S/C5H7F2NO/c6-4(7)2-1-3(2)5(8)9/h2-4H,1H2,(H2,8,9)/t2?,3-/m0/s1. The molecule has 0 heterocycles. The Morgan fingerprint density at radius 1 is 1.67 bits per heavy atom. The lowest BCUT2D eigenvalue weighted by atomic mass is 10.3. The minimum absolute atomic E-state index is 0.271. The normalized spacial score (nSPS) is 32.8. The van der Waals surface area contributed by atoms with Crippen molar-refractivity contribution >= 4 is 5.91 Å². The van der Waals surface area contributed by atoms with Gasteiger partial charge in [-0.05, 0) is 6.42 Å². The molecule has 0 aromatic heterocycles. The molecule has 52 valence electrons. The maximum absolute atomic E-state index is 11.6. The molecule has 2 N–H and O–H groups in total. The SMILES string of the molecule is NC(=O)[C@H]1CC1C(F)F. The maximum atomic E-state index is 11.6. The number of primary amides is 1. The Hall–Kier alpha value is -0.670. The van der Waals surface area contributed by atoms with Crippen LogP contribution in [0.15, 0.2) is 0 Å². The summed E-state index contributed by atoms with van der Waals surface area (Å²) in [5, 5.41) is 0. The summed E-state index contributed by atoms with van der Waals surface area (Å²) < 4.78 is 23.2. The van der Waals surface area contributed by atoms with Crippen molar-refractivity contribution in [1.82, 2.24) is 0 Å². The van der Waals surface area contributed by atoms with Crippen molar-refractivity contribution in [3.63, 3.8) is 0 Å². The van der Waals surface area contributed by atoms with Gasteiger partial charge in [0.1, 0.15) is 0 Å². The van der Waals surface area contributed by atoms with Gasteiger partial charge in [-0.2, -0.15) is 0 Å². The first-order chi connectivity index (χ1) is 4.13. The van der Waals surface area contributed by atoms with Crippen LogP contribution in [0.3, 0.4) is 0 Å². The zero-order chi connectivity index (χ0) is 7.02. The van der Waals surface area contributed by atoms with E-state index >= 15 is 0 Å². The molecule has 0 aliphatic heterocycles. The Labute approximate surface area is 51.0 Å². The third-order valence-corrected chi connectivity index (χ3v) is 1.53. The summed E-state index contributed by atoms with van der Waals surface area (Å²) in [4.78, 5) is 10.2. The van der Waals surface area contributed by atoms with Crippen LogP contribution in [0.5, 0.6) is 0 Å². The van der Waals surface area contributed by atoms with Crippen molar-refractivity contribution in [1.29, 1.82) is 0 Å². The molecule has 0 spiro atoms. The predicted octanol–water partition coefficient (Wildman–Crippen LogP) is 0.373. The first kappa shape index (κ1) is 6.45. The Morgan fingerprint density at radius 3 is 2.33 bits per heavy atom. The van der Waals surface area contributed by atoms with Crippen molar-refractivity contribution in [2.24, 2.45) is 17.6 Å². The van der Waals surface area contributed by atoms with Gasteiger partial charge in [0.05, 0.1) is 0 Å². The fraction of sp³-hybridized carbons (Fsp3) is 0.800. The number of carbonyl (C=O) groups excluding carboxylic acids is 1. The van der Waals surface area contributed by atoms with Crippen LogP contribution in [0.1, 0.15) is 6.42 Å². The lowest BCUT2D eigenvalue weighted by Gasteiger charge is -1.91. The molecule has 2 atom stereocenters. The van der Waals surface area contributed by atoms with Gasteiger partial charge in [-0.3, -0.25) is 4.79 Å². The molecule has 0 aromatic rings. The molecule has 4 heteroatoms. The van der Waals surface area contributed by atoms with Gasteiger partial charge in [0.25, 0.3) is 0 Å². The van der Waals surface area contributed by atoms with Crippen molar-refractivity contribution in [2.45, 2.75) is 12.8 Å². The van der Waals surface area contributed by atoms with Crippen LogP contribution in [-0.4, -0.2) is 12.3 Å². The third-order valence-electron chi connectivity index (χ3n) is 1.53. The first-order valence-corrected chi connectivity index (χ1v) is 2.70. The monoisotopic (exact) mass is 135 g/mol. The largest absolute Gasteiger partial charge is 0.369 e. The highest BCUT2D eigenvalue weighted by atomic mass is 19.3. The van der Waals surface area contributed by atoms with Gasteiger partial charge >= 0.3 is 0 Å². The van der Waals surface area contributed by atoms with Crippen LogP contribution in [0.4, 0.5) is 8.78 Å². The molecule has 1 aliphatic carbocycles. The van der Waals surface area contributed by atoms with Crippen LogP contribution in [0.25, 0.3) is 0 Å². The summed E-state index contributed by atoms with van der Waals surface area (Å²) >= 11 is 0. The fourth-order valence-electron chi connectivity index (χ4n) is 0.820. The highest BCUT2D eigenvalue weighted by molar-refractivity contribution is 5.79. The molecule has 1 amide bonds. The Kier molecular flexibility index (Phi) is 1.38. The molecular formula is C5H7F2NO. The van der Waals surface area contributed by atoms with E-state index < -0.39 is 24.2 Å². The maximum Gasteiger partial charge on any atom is 0.242 e. The molecule has 1 fully saturated rings. The zero-order valence-electron chi connectivity index (χ0n) is 4.68. The zero-order valence-corrected chi connectivity index (χ0v) is 4.68. The highest BCUT2D eigenvalue weighted by Crippen LogP contribution is 2.42. The number of hydrogen-bond acceptors (Lipinski definition) is 1. The van der Waals surface area contributed by atoms with Crippen LogP contribution in [0.2, 0.25) is 0 Å². The highest BCUT2D eigenvalue weighted by Gasteiger charge is 2.47. The van der Waals surface area contributed by atoms with Crippen LogP contribution < -0.4 is 5.73 Å². The van der Waals surface area contributed by atoms with E-state index in [9.17, 15) is 13.6 Å². The van der Waals surface area contributed by atoms with Crippen molar-refractivity contribution in [2.75, 3.05) is 0 Å². The number of halogens is 2. The minimum Gasteiger partial charge on any atom is -0.369 e. The van der Waals surface area contributed by atoms with Gasteiger partial charge in [-0.1, -0.05) is 0 Å². The fourth-order valence-corrected chi connectivity index (χ4v) is 0.820. The van der Waals surface area contributed by atoms with E-state index in [0.717, 1.165) is 0 Å². The Bertz CT molecular complexity index is 137. The van der Waals surface area contributed by atoms with Gasteiger partial charge < -0.3 is 5.73 Å². The lowest BCUT2D eigenvalue weighted by Crippen LogP contribution is -2.15. The summed E-state index contributed by atoms with van der Waals surface area (Å²) in [6, 6.07) is 0. The predicted molar refractivity (Wildman–Crippen MR) is 26.8 cm³/mol. The van der Waals surface area contributed by atoms with E-state index in [4.69, 9.17) is 5.73 Å². The number of nitrogens with two attached hydrogens (primary N) is 1. The van der Waals surface area contributed by atoms with E-state index in [1.165, 1.54) is 0 Å². The van der Waals surface area contributed by atoms with Gasteiger partial charge in [0.15, 0.2) is 0 Å². The van der Waals surface area contributed by atoms with Crippen LogP contribution in [0, 0.1) is 11.8 Å². The summed E-state index contributed by atoms with van der Waals surface area (Å²) in [6.07, 6.45) is -2.10. The second-order valence-electron chi connectivity index (χ2n) is 2.24. The number of hydrogen-bond donors (Lipinski definition) is 1. The van der Waals surface area contributed by atoms with E-state index in [0.29, 0.717) is 0 Å². The smallest absolute Gasteiger partial charge is 0.242 e. The molecular weight excluding hydrogens is 128 g/mol. The molecule has 1 rings (SSSR count). The van der Waals surface area contributed by atoms with Crippen molar-refractivity contribution in [3.05, 3.63) is 0 Å². The van der Waals surface area contributed by atoms with E-state index in [-0.39, 0.29) is 6.42 Å². The summed E-state index contributed by atoms with van der Waals surface area (Å²) in [5.41, 5.74) is 4.75. The van der Waals surface area contributed by atoms with Crippen LogP contribution in [-0.2, 0) is 4.79 Å². The van der Waals surface area contributed by atoms with Gasteiger partial charge in [0, 0.05) is 11.8 Å². The van der Waals surface area contributed by atoms with Gasteiger partial charge in [-0.25, -0.2) is 8.78 Å². The van der Waals surface area contributed by atoms with Crippen molar-refractivity contribution < 1.29 is 13.6 Å². The molecule has 0 radical (unpaired) electrons. The summed E-state index contributed by atoms with van der Waals surface area (Å²) in [6.45, 7) is 0. The molecule has 9 heavy (non-hydrogen) atoms. The molecule has 0 saturated heterocycles. The quantitative estimate of drug-likeness (QED) is 0.584. The van der Waals surface area contributed by atoms with Crippen molar-refractivity contribution in [3.8, 4) is 0 Å². The Morgan fingerprint density at radius 2 is 2.22 bits per heavy atom. The summed E-state index contributed by atoms with van der Waals surface area (Å²) in [7, 11) is 0. The number of alkyl halides is 2. The van der Waals surface area contributed by atoms with E-state index in [1.807, 2.05) is 0 Å². The topological polar surface area (TPSA) is 43.1 Å². The number of amides is 1. The van der Waals surface area contributed by atoms with Crippen LogP contribution >= 0.6 is 0 Å². The molecule has 1 unspecified atom stereocenters. The van der Waals surface area contributed by atoms with Gasteiger partial charge in [0.2, 0.25) is 12.3 Å². The average molecular weight is 135 g/mol. The molecule has 0 bridgehead atoms.